The zero-order chi connectivity index (χ0) is 57.7. The average molecular weight is 1090 g/mol. The number of imidazole rings is 2. The minimum atomic E-state index is 0.180. The summed E-state index contributed by atoms with van der Waals surface area (Å²) in [5, 5.41) is 6.27. The number of fused-ring (bicyclic) bond motifs is 9. The Balaban J connectivity index is 1.01. The van der Waals surface area contributed by atoms with Gasteiger partial charge < -0.3 is 9.15 Å². The number of nitrogens with zero attached hydrogens (tertiary/aromatic N) is 5. The third kappa shape index (κ3) is 8.84. The van der Waals surface area contributed by atoms with Gasteiger partial charge in [0, 0.05) is 38.5 Å². The fourth-order valence-corrected chi connectivity index (χ4v) is 13.0. The van der Waals surface area contributed by atoms with E-state index in [9.17, 15) is 0 Å². The zero-order valence-electron chi connectivity index (χ0n) is 49.4. The van der Waals surface area contributed by atoms with Crippen molar-refractivity contribution < 1.29 is 9.15 Å². The van der Waals surface area contributed by atoms with Crippen LogP contribution in [0, 0.1) is 13.8 Å². The van der Waals surface area contributed by atoms with E-state index in [1.165, 1.54) is 50.2 Å². The van der Waals surface area contributed by atoms with E-state index in [4.69, 9.17) is 24.1 Å². The molecule has 0 spiro atoms. The second kappa shape index (κ2) is 20.7. The maximum Gasteiger partial charge on any atom is 0.149 e. The van der Waals surface area contributed by atoms with Gasteiger partial charge in [-0.3, -0.25) is 14.1 Å². The van der Waals surface area contributed by atoms with Crippen LogP contribution >= 0.6 is 0 Å². The average Bonchev–Trinajstić information content (AvgIpc) is 1.75. The molecule has 14 aromatic rings. The summed E-state index contributed by atoms with van der Waals surface area (Å²) in [6.07, 6.45) is 0. The summed E-state index contributed by atoms with van der Waals surface area (Å²) in [4.78, 5) is 16.1. The first-order chi connectivity index (χ1) is 40.8. The van der Waals surface area contributed by atoms with E-state index in [0.717, 1.165) is 105 Å². The maximum atomic E-state index is 7.47. The second-order valence-corrected chi connectivity index (χ2v) is 24.0. The molecule has 0 fully saturated rings. The number of aromatic nitrogens is 5. The number of hydrogen-bond acceptors (Lipinski definition) is 5. The standard InChI is InChI=1S/C77H67N5O2/c1-44(2)60-38-55(50-22-13-11-14-23-50)39-61(45(3)4)72(60)81-68-30-19-17-28-66(68)79-76(81)54-26-21-27-57(37-54)83-58-42-64-59-35-34-52-32-33-53-36-48(9)78-49(10)70(53)71(52)75(59)84-74(64)65(43-58)77-80-67-29-18-20-31-69(67)82(77)73-62(46(5)6)40-56(41-63(73)47(7)8)51-24-15-12-16-25-51/h11-47H,1-10H3. The molecule has 14 rings (SSSR count). The molecule has 84 heavy (non-hydrogen) atoms. The van der Waals surface area contributed by atoms with Gasteiger partial charge in [0.05, 0.1) is 39.0 Å². The molecule has 10 aromatic carbocycles. The van der Waals surface area contributed by atoms with Crippen LogP contribution in [-0.2, 0) is 0 Å². The number of pyridine rings is 1. The highest BCUT2D eigenvalue weighted by atomic mass is 16.5. The Bertz CT molecular complexity index is 4840. The highest BCUT2D eigenvalue weighted by Crippen LogP contribution is 2.48. The molecule has 0 radical (unpaired) electrons. The van der Waals surface area contributed by atoms with Crippen molar-refractivity contribution in [2.45, 2.75) is 92.9 Å². The molecule has 0 atom stereocenters. The lowest BCUT2D eigenvalue weighted by Gasteiger charge is -2.24. The molecule has 7 nitrogen and oxygen atoms in total. The van der Waals surface area contributed by atoms with Crippen molar-refractivity contribution in [2.75, 3.05) is 0 Å². The first-order valence-electron chi connectivity index (χ1n) is 29.7. The van der Waals surface area contributed by atoms with Gasteiger partial charge in [0.2, 0.25) is 0 Å². The van der Waals surface area contributed by atoms with Crippen molar-refractivity contribution in [2.24, 2.45) is 0 Å². The van der Waals surface area contributed by atoms with Crippen LogP contribution in [0.5, 0.6) is 11.5 Å². The Hall–Kier alpha value is -9.59. The molecule has 412 valence electrons. The highest BCUT2D eigenvalue weighted by Gasteiger charge is 2.29. The Morgan fingerprint density at radius 3 is 1.45 bits per heavy atom. The largest absolute Gasteiger partial charge is 0.457 e. The van der Waals surface area contributed by atoms with Crippen LogP contribution in [-0.4, -0.2) is 24.1 Å². The molecule has 4 aromatic heterocycles. The third-order valence-electron chi connectivity index (χ3n) is 17.0. The minimum absolute atomic E-state index is 0.180. The molecule has 0 saturated carbocycles. The Labute approximate surface area is 490 Å². The van der Waals surface area contributed by atoms with Gasteiger partial charge in [-0.15, -0.1) is 0 Å². The third-order valence-corrected chi connectivity index (χ3v) is 17.0. The molecule has 0 unspecified atom stereocenters. The molecule has 4 heterocycles. The monoisotopic (exact) mass is 1090 g/mol. The molecule has 0 amide bonds. The number of ether oxygens (including phenoxy) is 1. The molecule has 0 saturated heterocycles. The number of hydrogen-bond donors (Lipinski definition) is 0. The maximum absolute atomic E-state index is 7.47. The summed E-state index contributed by atoms with van der Waals surface area (Å²) in [5.74, 6) is 3.77. The predicted octanol–water partition coefficient (Wildman–Crippen LogP) is 21.5. The van der Waals surface area contributed by atoms with E-state index in [-0.39, 0.29) is 23.7 Å². The summed E-state index contributed by atoms with van der Waals surface area (Å²) in [6, 6.07) is 71.8. The predicted molar refractivity (Wildman–Crippen MR) is 350 cm³/mol. The van der Waals surface area contributed by atoms with E-state index < -0.39 is 0 Å². The fraction of sp³-hybridized carbons (Fsp3) is 0.182. The van der Waals surface area contributed by atoms with E-state index in [1.54, 1.807) is 0 Å². The van der Waals surface area contributed by atoms with Gasteiger partial charge in [-0.1, -0.05) is 171 Å². The molecule has 7 heteroatoms. The van der Waals surface area contributed by atoms with Gasteiger partial charge in [-0.25, -0.2) is 9.97 Å². The molecule has 0 N–H and O–H groups in total. The Morgan fingerprint density at radius 2 is 0.881 bits per heavy atom. The van der Waals surface area contributed by atoms with Crippen molar-refractivity contribution in [3.8, 4) is 67.9 Å². The van der Waals surface area contributed by atoms with Crippen LogP contribution in [0.1, 0.15) is 113 Å². The lowest BCUT2D eigenvalue weighted by molar-refractivity contribution is 0.483. The normalized spacial score (nSPS) is 12.1. The van der Waals surface area contributed by atoms with Crippen LogP contribution in [0.3, 0.4) is 0 Å². The van der Waals surface area contributed by atoms with Gasteiger partial charge >= 0.3 is 0 Å². The van der Waals surface area contributed by atoms with Gasteiger partial charge in [0.1, 0.15) is 34.3 Å². The number of furan rings is 1. The number of rotatable bonds is 12. The van der Waals surface area contributed by atoms with Crippen molar-refractivity contribution in [1.82, 2.24) is 24.1 Å². The summed E-state index contributed by atoms with van der Waals surface area (Å²) >= 11 is 0. The van der Waals surface area contributed by atoms with Gasteiger partial charge in [0.15, 0.2) is 0 Å². The van der Waals surface area contributed by atoms with Crippen LogP contribution in [0.4, 0.5) is 0 Å². The number of para-hydroxylation sites is 4. The van der Waals surface area contributed by atoms with E-state index in [2.05, 4.69) is 272 Å². The Morgan fingerprint density at radius 1 is 0.381 bits per heavy atom. The molecular weight excluding hydrogens is 1030 g/mol. The number of benzene rings is 10. The van der Waals surface area contributed by atoms with Crippen molar-refractivity contribution >= 4 is 65.6 Å². The zero-order valence-corrected chi connectivity index (χ0v) is 49.4. The highest BCUT2D eigenvalue weighted by molar-refractivity contribution is 6.24. The summed E-state index contributed by atoms with van der Waals surface area (Å²) in [7, 11) is 0. The second-order valence-electron chi connectivity index (χ2n) is 24.0. The number of aryl methyl sites for hydroxylation is 2. The van der Waals surface area contributed by atoms with Crippen LogP contribution in [0.15, 0.2) is 205 Å². The fourth-order valence-electron chi connectivity index (χ4n) is 13.0. The van der Waals surface area contributed by atoms with Crippen LogP contribution < -0.4 is 4.74 Å². The van der Waals surface area contributed by atoms with E-state index >= 15 is 0 Å². The minimum Gasteiger partial charge on any atom is -0.457 e. The van der Waals surface area contributed by atoms with Crippen molar-refractivity contribution in [3.63, 3.8) is 0 Å². The molecule has 0 aliphatic carbocycles. The Kier molecular flexibility index (Phi) is 12.9. The molecule has 0 aliphatic heterocycles. The van der Waals surface area contributed by atoms with Crippen molar-refractivity contribution in [3.05, 3.63) is 234 Å². The summed E-state index contributed by atoms with van der Waals surface area (Å²) < 4.78 is 19.6. The quantitative estimate of drug-likeness (QED) is 0.114. The molecule has 0 bridgehead atoms. The van der Waals surface area contributed by atoms with E-state index in [0.29, 0.717) is 11.5 Å². The van der Waals surface area contributed by atoms with E-state index in [1.807, 2.05) is 6.07 Å². The first kappa shape index (κ1) is 52.5. The first-order valence-corrected chi connectivity index (χ1v) is 29.7. The molecular formula is C77H67N5O2. The lowest BCUT2D eigenvalue weighted by atomic mass is 9.88. The van der Waals surface area contributed by atoms with Crippen LogP contribution in [0.25, 0.3) is 122 Å². The smallest absolute Gasteiger partial charge is 0.149 e. The van der Waals surface area contributed by atoms with Gasteiger partial charge in [-0.05, 0) is 178 Å². The lowest BCUT2D eigenvalue weighted by Crippen LogP contribution is -2.09. The van der Waals surface area contributed by atoms with Crippen molar-refractivity contribution in [1.29, 1.82) is 0 Å². The SMILES string of the molecule is Cc1cc2ccc3ccc4c5cc(Oc6cccc(-c7nc8ccccc8n7-c7c(C(C)C)cc(-c8ccccc8)cc7C(C)C)c6)cc(-c6nc7ccccc7n6-c6c(C(C)C)cc(-c7ccccc7)cc6C(C)C)c5oc4c3c2c(C)n1. The van der Waals surface area contributed by atoms with Gasteiger partial charge in [-0.2, -0.15) is 0 Å². The topological polar surface area (TPSA) is 70.9 Å². The molecule has 0 aliphatic rings. The van der Waals surface area contributed by atoms with Crippen LogP contribution in [0.2, 0.25) is 0 Å². The van der Waals surface area contributed by atoms with Gasteiger partial charge in [0.25, 0.3) is 0 Å². The summed E-state index contributed by atoms with van der Waals surface area (Å²) in [6.45, 7) is 22.6. The summed E-state index contributed by atoms with van der Waals surface area (Å²) in [5.41, 5.74) is 21.3.